The van der Waals surface area contributed by atoms with E-state index in [2.05, 4.69) is 26.8 Å². The molecule has 0 spiro atoms. The highest BCUT2D eigenvalue weighted by atomic mass is 35.5. The van der Waals surface area contributed by atoms with Crippen molar-refractivity contribution in [1.29, 1.82) is 0 Å². The first-order chi connectivity index (χ1) is 12.1. The van der Waals surface area contributed by atoms with Gasteiger partial charge in [-0.1, -0.05) is 23.7 Å². The summed E-state index contributed by atoms with van der Waals surface area (Å²) in [6, 6.07) is 5.52. The van der Waals surface area contributed by atoms with Gasteiger partial charge in [-0.3, -0.25) is 4.98 Å². The number of anilines is 1. The number of ether oxygens (including phenoxy) is 1. The van der Waals surface area contributed by atoms with Crippen molar-refractivity contribution in [3.63, 3.8) is 0 Å². The maximum Gasteiger partial charge on any atom is 0.358 e. The Hall–Kier alpha value is -2.47. The number of pyridine rings is 1. The second-order valence-electron chi connectivity index (χ2n) is 5.83. The van der Waals surface area contributed by atoms with Crippen molar-refractivity contribution in [2.24, 2.45) is 0 Å². The van der Waals surface area contributed by atoms with Crippen LogP contribution < -0.4 is 5.32 Å². The zero-order valence-electron chi connectivity index (χ0n) is 13.9. The third-order valence-corrected chi connectivity index (χ3v) is 4.31. The monoisotopic (exact) mass is 358 g/mol. The van der Waals surface area contributed by atoms with Crippen LogP contribution in [0.5, 0.6) is 0 Å². The molecule has 2 aromatic heterocycles. The number of rotatable bonds is 7. The van der Waals surface area contributed by atoms with Crippen LogP contribution in [0.2, 0.25) is 5.02 Å². The Kier molecular flexibility index (Phi) is 5.28. The van der Waals surface area contributed by atoms with Gasteiger partial charge in [0.15, 0.2) is 5.69 Å². The van der Waals surface area contributed by atoms with Crippen molar-refractivity contribution in [3.8, 4) is 0 Å². The predicted octanol–water partition coefficient (Wildman–Crippen LogP) is 3.92. The highest BCUT2D eigenvalue weighted by Gasteiger charge is 2.30. The van der Waals surface area contributed by atoms with Crippen LogP contribution in [0.4, 0.5) is 5.82 Å². The molecule has 2 heterocycles. The molecule has 1 saturated carbocycles. The number of aromatic nitrogens is 3. The van der Waals surface area contributed by atoms with Gasteiger partial charge >= 0.3 is 5.97 Å². The zero-order valence-corrected chi connectivity index (χ0v) is 14.7. The van der Waals surface area contributed by atoms with Crippen molar-refractivity contribution >= 4 is 23.4 Å². The molecule has 1 unspecified atom stereocenters. The van der Waals surface area contributed by atoms with Crippen molar-refractivity contribution in [2.45, 2.75) is 31.2 Å². The molecule has 1 aliphatic carbocycles. The van der Waals surface area contributed by atoms with E-state index in [4.69, 9.17) is 16.3 Å². The largest absolute Gasteiger partial charge is 0.464 e. The van der Waals surface area contributed by atoms with Crippen molar-refractivity contribution in [2.75, 3.05) is 12.4 Å². The maximum atomic E-state index is 12.0. The van der Waals surface area contributed by atoms with Crippen LogP contribution in [0.3, 0.4) is 0 Å². The minimum atomic E-state index is -0.574. The number of esters is 1. The molecule has 1 atom stereocenters. The fraction of sp³-hybridized carbons (Fsp3) is 0.333. The number of carbonyl (C=O) groups is 1. The minimum Gasteiger partial charge on any atom is -0.464 e. The number of hydrogen-bond donors (Lipinski definition) is 1. The van der Waals surface area contributed by atoms with Gasteiger partial charge in [0.2, 0.25) is 0 Å². The van der Waals surface area contributed by atoms with Crippen LogP contribution in [0, 0.1) is 0 Å². The van der Waals surface area contributed by atoms with Gasteiger partial charge in [-0.05, 0) is 31.4 Å². The van der Waals surface area contributed by atoms with Crippen LogP contribution in [-0.2, 0) is 4.74 Å². The highest BCUT2D eigenvalue weighted by molar-refractivity contribution is 6.35. The number of halogens is 1. The van der Waals surface area contributed by atoms with Gasteiger partial charge in [0.05, 0.1) is 18.8 Å². The average molecular weight is 359 g/mol. The molecule has 0 bridgehead atoms. The summed E-state index contributed by atoms with van der Waals surface area (Å²) in [5, 5.41) is 3.44. The second kappa shape index (κ2) is 7.61. The Morgan fingerprint density at radius 3 is 2.88 bits per heavy atom. The number of carbonyl (C=O) groups excluding carboxylic acids is 1. The number of hydrogen-bond acceptors (Lipinski definition) is 6. The molecular weight excluding hydrogens is 340 g/mol. The molecule has 0 radical (unpaired) electrons. The van der Waals surface area contributed by atoms with Gasteiger partial charge in [0, 0.05) is 12.1 Å². The lowest BCUT2D eigenvalue weighted by atomic mass is 10.1. The Morgan fingerprint density at radius 1 is 1.48 bits per heavy atom. The first-order valence-electron chi connectivity index (χ1n) is 8.08. The summed E-state index contributed by atoms with van der Waals surface area (Å²) in [6.07, 6.45) is 6.17. The Labute approximate surface area is 151 Å². The minimum absolute atomic E-state index is 0.0851. The van der Waals surface area contributed by atoms with Crippen LogP contribution >= 0.6 is 11.6 Å². The summed E-state index contributed by atoms with van der Waals surface area (Å²) in [7, 11) is 1.30. The third kappa shape index (κ3) is 3.96. The Bertz CT molecular complexity index is 778. The van der Waals surface area contributed by atoms with E-state index >= 15 is 0 Å². The molecule has 0 aliphatic heterocycles. The topological polar surface area (TPSA) is 77.0 Å². The van der Waals surface area contributed by atoms with Gasteiger partial charge < -0.3 is 10.1 Å². The fourth-order valence-electron chi connectivity index (χ4n) is 2.48. The first kappa shape index (κ1) is 17.4. The number of methoxy groups -OCH3 is 1. The van der Waals surface area contributed by atoms with E-state index in [9.17, 15) is 4.79 Å². The summed E-state index contributed by atoms with van der Waals surface area (Å²) in [4.78, 5) is 25.2. The van der Waals surface area contributed by atoms with Crippen molar-refractivity contribution in [1.82, 2.24) is 15.0 Å². The van der Waals surface area contributed by atoms with Gasteiger partial charge in [0.25, 0.3) is 0 Å². The molecule has 1 N–H and O–H groups in total. The van der Waals surface area contributed by atoms with E-state index in [1.165, 1.54) is 7.11 Å². The number of nitrogens with zero attached hydrogens (tertiary/aromatic N) is 3. The molecule has 0 saturated heterocycles. The molecular formula is C18H19ClN4O2. The predicted molar refractivity (Wildman–Crippen MR) is 95.8 cm³/mol. The quantitative estimate of drug-likeness (QED) is 0.597. The molecule has 6 nitrogen and oxygen atoms in total. The molecule has 1 fully saturated rings. The summed E-state index contributed by atoms with van der Waals surface area (Å²) in [5.74, 6) is 0.728. The van der Waals surface area contributed by atoms with Crippen molar-refractivity contribution in [3.05, 3.63) is 59.3 Å². The number of nitrogens with one attached hydrogen (secondary N) is 1. The molecule has 0 aromatic carbocycles. The standard InChI is InChI=1S/C18H19ClN4O2/c1-3-6-13(12-7-4-5-10-20-12)21-17-14(19)15(18(24)25-2)22-16(23-17)11-8-9-11/h3-5,7,10-11,13H,1,6,8-9H2,2H3,(H,21,22,23). The first-order valence-corrected chi connectivity index (χ1v) is 8.46. The molecule has 7 heteroatoms. The normalized spacial score (nSPS) is 14.6. The third-order valence-electron chi connectivity index (χ3n) is 3.95. The van der Waals surface area contributed by atoms with E-state index in [-0.39, 0.29) is 22.7 Å². The Balaban J connectivity index is 1.98. The SMILES string of the molecule is C=CCC(Nc1nc(C2CC2)nc(C(=O)OC)c1Cl)c1ccccn1. The van der Waals surface area contributed by atoms with E-state index in [0.717, 1.165) is 18.5 Å². The zero-order chi connectivity index (χ0) is 17.8. The average Bonchev–Trinajstić information content (AvgIpc) is 3.48. The lowest BCUT2D eigenvalue weighted by Crippen LogP contribution is -2.16. The van der Waals surface area contributed by atoms with E-state index in [1.807, 2.05) is 18.2 Å². The van der Waals surface area contributed by atoms with E-state index in [0.29, 0.717) is 18.1 Å². The smallest absolute Gasteiger partial charge is 0.358 e. The van der Waals surface area contributed by atoms with Gasteiger partial charge in [-0.2, -0.15) is 0 Å². The summed E-state index contributed by atoms with van der Waals surface area (Å²) < 4.78 is 4.79. The van der Waals surface area contributed by atoms with E-state index < -0.39 is 5.97 Å². The van der Waals surface area contributed by atoms with Gasteiger partial charge in [-0.25, -0.2) is 14.8 Å². The molecule has 25 heavy (non-hydrogen) atoms. The van der Waals surface area contributed by atoms with Crippen LogP contribution in [0.25, 0.3) is 0 Å². The van der Waals surface area contributed by atoms with Gasteiger partial charge in [0.1, 0.15) is 16.7 Å². The molecule has 3 rings (SSSR count). The van der Waals surface area contributed by atoms with Crippen LogP contribution in [-0.4, -0.2) is 28.0 Å². The van der Waals surface area contributed by atoms with Crippen LogP contribution in [0.15, 0.2) is 37.1 Å². The van der Waals surface area contributed by atoms with E-state index in [1.54, 1.807) is 12.3 Å². The van der Waals surface area contributed by atoms with Gasteiger partial charge in [-0.15, -0.1) is 6.58 Å². The summed E-state index contributed by atoms with van der Waals surface area (Å²) >= 11 is 6.38. The highest BCUT2D eigenvalue weighted by Crippen LogP contribution is 2.40. The second-order valence-corrected chi connectivity index (χ2v) is 6.21. The fourth-order valence-corrected chi connectivity index (χ4v) is 2.70. The summed E-state index contributed by atoms with van der Waals surface area (Å²) in [6.45, 7) is 3.80. The van der Waals surface area contributed by atoms with Crippen molar-refractivity contribution < 1.29 is 9.53 Å². The molecule has 0 amide bonds. The lowest BCUT2D eigenvalue weighted by molar-refractivity contribution is 0.0593. The Morgan fingerprint density at radius 2 is 2.28 bits per heavy atom. The maximum absolute atomic E-state index is 12.0. The molecule has 130 valence electrons. The summed E-state index contributed by atoms with van der Waals surface area (Å²) in [5.41, 5.74) is 0.923. The van der Waals surface area contributed by atoms with Crippen LogP contribution in [0.1, 0.15) is 53.2 Å². The molecule has 1 aliphatic rings. The lowest BCUT2D eigenvalue weighted by Gasteiger charge is -2.19. The molecule has 2 aromatic rings.